The SMILES string of the molecule is CCS(=O)(=O)NC[C@H](c1ccc(F)cc1)S(=O)(=O)c1cccs1. The van der Waals surface area contributed by atoms with Crippen molar-refractivity contribution in [3.8, 4) is 0 Å². The van der Waals surface area contributed by atoms with Crippen molar-refractivity contribution in [2.24, 2.45) is 0 Å². The van der Waals surface area contributed by atoms with Gasteiger partial charge in [0.15, 0.2) is 9.84 Å². The number of rotatable bonds is 7. The van der Waals surface area contributed by atoms with Crippen LogP contribution in [0.2, 0.25) is 0 Å². The first-order valence-electron chi connectivity index (χ1n) is 6.76. The molecule has 0 amide bonds. The standard InChI is InChI=1S/C14H16FNO4S3/c1-2-22(17,18)16-10-13(11-5-7-12(15)8-6-11)23(19,20)14-4-3-9-21-14/h3-9,13,16H,2,10H2,1H3/t13-/m1/s1. The molecule has 9 heteroatoms. The second kappa shape index (κ2) is 7.08. The minimum atomic E-state index is -3.79. The van der Waals surface area contributed by atoms with Crippen LogP contribution in [0.3, 0.4) is 0 Å². The van der Waals surface area contributed by atoms with Crippen LogP contribution in [-0.2, 0) is 19.9 Å². The van der Waals surface area contributed by atoms with Crippen LogP contribution in [0.25, 0.3) is 0 Å². The van der Waals surface area contributed by atoms with Gasteiger partial charge in [-0.3, -0.25) is 0 Å². The van der Waals surface area contributed by atoms with Crippen LogP contribution in [0, 0.1) is 5.82 Å². The van der Waals surface area contributed by atoms with Crippen LogP contribution >= 0.6 is 11.3 Å². The maximum Gasteiger partial charge on any atom is 0.211 e. The van der Waals surface area contributed by atoms with Gasteiger partial charge < -0.3 is 0 Å². The van der Waals surface area contributed by atoms with E-state index in [9.17, 15) is 21.2 Å². The van der Waals surface area contributed by atoms with Gasteiger partial charge in [0, 0.05) is 6.54 Å². The minimum absolute atomic E-state index is 0.141. The molecule has 23 heavy (non-hydrogen) atoms. The second-order valence-electron chi connectivity index (χ2n) is 4.77. The summed E-state index contributed by atoms with van der Waals surface area (Å²) < 4.78 is 64.3. The number of sulfone groups is 1. The number of hydrogen-bond donors (Lipinski definition) is 1. The Bertz CT molecular complexity index is 844. The zero-order chi connectivity index (χ0) is 17.1. The molecule has 0 aliphatic carbocycles. The monoisotopic (exact) mass is 377 g/mol. The zero-order valence-electron chi connectivity index (χ0n) is 12.3. The molecule has 0 fully saturated rings. The molecule has 1 heterocycles. The Morgan fingerprint density at radius 2 is 1.78 bits per heavy atom. The fourth-order valence-electron chi connectivity index (χ4n) is 1.95. The molecule has 126 valence electrons. The first-order chi connectivity index (χ1) is 10.8. The third kappa shape index (κ3) is 4.37. The topological polar surface area (TPSA) is 80.3 Å². The summed E-state index contributed by atoms with van der Waals surface area (Å²) in [7, 11) is -7.33. The van der Waals surface area contributed by atoms with Crippen molar-refractivity contribution in [3.05, 3.63) is 53.2 Å². The molecule has 5 nitrogen and oxygen atoms in total. The highest BCUT2D eigenvalue weighted by molar-refractivity contribution is 7.93. The van der Waals surface area contributed by atoms with Gasteiger partial charge in [-0.15, -0.1) is 11.3 Å². The molecule has 1 aromatic carbocycles. The fourth-order valence-corrected chi connectivity index (χ4v) is 5.55. The van der Waals surface area contributed by atoms with E-state index in [4.69, 9.17) is 0 Å². The van der Waals surface area contributed by atoms with Crippen molar-refractivity contribution in [2.75, 3.05) is 12.3 Å². The maximum atomic E-state index is 13.1. The first-order valence-corrected chi connectivity index (χ1v) is 10.8. The van der Waals surface area contributed by atoms with Crippen molar-refractivity contribution >= 4 is 31.2 Å². The van der Waals surface area contributed by atoms with E-state index in [1.54, 1.807) is 11.4 Å². The summed E-state index contributed by atoms with van der Waals surface area (Å²) in [5.74, 6) is -0.641. The molecule has 1 atom stereocenters. The molecular weight excluding hydrogens is 361 g/mol. The summed E-state index contributed by atoms with van der Waals surface area (Å²) in [6.07, 6.45) is 0. The Hall–Kier alpha value is -1.29. The highest BCUT2D eigenvalue weighted by Crippen LogP contribution is 2.31. The van der Waals surface area contributed by atoms with Gasteiger partial charge in [0.2, 0.25) is 10.0 Å². The van der Waals surface area contributed by atoms with Crippen molar-refractivity contribution in [1.29, 1.82) is 0 Å². The molecule has 2 rings (SSSR count). The Kier molecular flexibility index (Phi) is 5.56. The van der Waals surface area contributed by atoms with Gasteiger partial charge in [0.25, 0.3) is 0 Å². The lowest BCUT2D eigenvalue weighted by Crippen LogP contribution is -2.32. The lowest BCUT2D eigenvalue weighted by molar-refractivity contribution is 0.570. The van der Waals surface area contributed by atoms with Gasteiger partial charge in [0.05, 0.1) is 5.75 Å². The number of thiophene rings is 1. The summed E-state index contributed by atoms with van der Waals surface area (Å²) in [5.41, 5.74) is 0.332. The Labute approximate surface area is 139 Å². The van der Waals surface area contributed by atoms with Crippen LogP contribution in [0.1, 0.15) is 17.7 Å². The fraction of sp³-hybridized carbons (Fsp3) is 0.286. The van der Waals surface area contributed by atoms with Crippen molar-refractivity contribution in [2.45, 2.75) is 16.4 Å². The van der Waals surface area contributed by atoms with Crippen LogP contribution in [0.5, 0.6) is 0 Å². The molecule has 0 aliphatic rings. The third-order valence-electron chi connectivity index (χ3n) is 3.26. The average Bonchev–Trinajstić information content (AvgIpc) is 3.04. The van der Waals surface area contributed by atoms with E-state index in [1.807, 2.05) is 0 Å². The minimum Gasteiger partial charge on any atom is -0.222 e. The van der Waals surface area contributed by atoms with Gasteiger partial charge in [-0.2, -0.15) is 0 Å². The highest BCUT2D eigenvalue weighted by Gasteiger charge is 2.31. The molecule has 0 spiro atoms. The number of benzene rings is 1. The molecule has 0 saturated carbocycles. The first kappa shape index (κ1) is 18.1. The number of halogens is 1. The predicted octanol–water partition coefficient (Wildman–Crippen LogP) is 2.34. The average molecular weight is 377 g/mol. The third-order valence-corrected chi connectivity index (χ3v) is 8.16. The quantitative estimate of drug-likeness (QED) is 0.803. The molecule has 0 saturated heterocycles. The van der Waals surface area contributed by atoms with Gasteiger partial charge in [-0.25, -0.2) is 25.9 Å². The second-order valence-corrected chi connectivity index (χ2v) is 10.2. The maximum absolute atomic E-state index is 13.1. The van der Waals surface area contributed by atoms with Crippen molar-refractivity contribution in [3.63, 3.8) is 0 Å². The van der Waals surface area contributed by atoms with E-state index >= 15 is 0 Å². The van der Waals surface area contributed by atoms with E-state index in [-0.39, 0.29) is 16.5 Å². The van der Waals surface area contributed by atoms with Crippen LogP contribution < -0.4 is 4.72 Å². The predicted molar refractivity (Wildman–Crippen MR) is 88.1 cm³/mol. The highest BCUT2D eigenvalue weighted by atomic mass is 32.2. The molecule has 1 aromatic heterocycles. The smallest absolute Gasteiger partial charge is 0.211 e. The lowest BCUT2D eigenvalue weighted by atomic mass is 10.1. The largest absolute Gasteiger partial charge is 0.222 e. The van der Waals surface area contributed by atoms with Crippen LogP contribution in [-0.4, -0.2) is 29.1 Å². The van der Waals surface area contributed by atoms with Crippen LogP contribution in [0.4, 0.5) is 4.39 Å². The summed E-state index contributed by atoms with van der Waals surface area (Å²) >= 11 is 1.06. The number of nitrogens with one attached hydrogen (secondary N) is 1. The molecule has 2 aromatic rings. The summed E-state index contributed by atoms with van der Waals surface area (Å²) in [4.78, 5) is 0. The number of sulfonamides is 1. The van der Waals surface area contributed by atoms with Gasteiger partial charge in [0.1, 0.15) is 15.3 Å². The van der Waals surface area contributed by atoms with Crippen LogP contribution in [0.15, 0.2) is 46.0 Å². The van der Waals surface area contributed by atoms with Gasteiger partial charge >= 0.3 is 0 Å². The van der Waals surface area contributed by atoms with E-state index in [2.05, 4.69) is 4.72 Å². The summed E-state index contributed by atoms with van der Waals surface area (Å²) in [6, 6.07) is 8.08. The van der Waals surface area contributed by atoms with E-state index in [0.717, 1.165) is 23.5 Å². The van der Waals surface area contributed by atoms with Gasteiger partial charge in [-0.05, 0) is 36.1 Å². The van der Waals surface area contributed by atoms with Crippen molar-refractivity contribution < 1.29 is 21.2 Å². The van der Waals surface area contributed by atoms with Gasteiger partial charge in [-0.1, -0.05) is 18.2 Å². The summed E-state index contributed by atoms with van der Waals surface area (Å²) in [6.45, 7) is 1.16. The normalized spacial score (nSPS) is 13.8. The number of hydrogen-bond acceptors (Lipinski definition) is 5. The summed E-state index contributed by atoms with van der Waals surface area (Å²) in [5, 5.41) is 0.508. The molecule has 0 radical (unpaired) electrons. The Morgan fingerprint density at radius 1 is 1.13 bits per heavy atom. The Balaban J connectivity index is 2.41. The van der Waals surface area contributed by atoms with Crippen molar-refractivity contribution in [1.82, 2.24) is 4.72 Å². The molecule has 0 unspecified atom stereocenters. The molecule has 0 bridgehead atoms. The Morgan fingerprint density at radius 3 is 2.30 bits per heavy atom. The van der Waals surface area contributed by atoms with E-state index in [1.165, 1.54) is 25.1 Å². The molecular formula is C14H16FNO4S3. The zero-order valence-corrected chi connectivity index (χ0v) is 14.7. The molecule has 0 aliphatic heterocycles. The molecule has 1 N–H and O–H groups in total. The lowest BCUT2D eigenvalue weighted by Gasteiger charge is -2.18. The van der Waals surface area contributed by atoms with E-state index < -0.39 is 30.9 Å². The van der Waals surface area contributed by atoms with E-state index in [0.29, 0.717) is 5.56 Å².